The highest BCUT2D eigenvalue weighted by molar-refractivity contribution is 6.17. The van der Waals surface area contributed by atoms with Crippen LogP contribution in [0.5, 0.6) is 0 Å². The molecular weight excluding hydrogens is 306 g/mol. The lowest BCUT2D eigenvalue weighted by atomic mass is 10.0. The molecule has 0 atom stereocenters. The van der Waals surface area contributed by atoms with Crippen molar-refractivity contribution in [2.24, 2.45) is 0 Å². The van der Waals surface area contributed by atoms with Crippen molar-refractivity contribution in [1.82, 2.24) is 4.98 Å². The molecule has 23 heavy (non-hydrogen) atoms. The number of nitrogens with zero attached hydrogens (tertiary/aromatic N) is 1. The van der Waals surface area contributed by atoms with E-state index >= 15 is 0 Å². The summed E-state index contributed by atoms with van der Waals surface area (Å²) in [5, 5.41) is 0. The average Bonchev–Trinajstić information content (AvgIpc) is 2.59. The van der Waals surface area contributed by atoms with Crippen molar-refractivity contribution >= 4 is 17.4 Å². The first-order valence-corrected chi connectivity index (χ1v) is 9.86. The number of hydrogen-bond donors (Lipinski definition) is 0. The molecule has 0 aliphatic heterocycles. The van der Waals surface area contributed by atoms with Crippen LogP contribution in [0, 0.1) is 0 Å². The molecule has 0 aliphatic carbocycles. The summed E-state index contributed by atoms with van der Waals surface area (Å²) in [4.78, 5) is 16.4. The number of rotatable bonds is 14. The minimum Gasteiger partial charge on any atom is -0.294 e. The van der Waals surface area contributed by atoms with Crippen LogP contribution in [0.25, 0.3) is 0 Å². The molecule has 0 radical (unpaired) electrons. The molecule has 0 aliphatic rings. The number of alkyl halides is 1. The Labute approximate surface area is 147 Å². The lowest BCUT2D eigenvalue weighted by Crippen LogP contribution is -2.04. The van der Waals surface area contributed by atoms with Crippen LogP contribution in [0.2, 0.25) is 0 Å². The van der Waals surface area contributed by atoms with Crippen LogP contribution >= 0.6 is 11.6 Å². The molecule has 1 rings (SSSR count). The van der Waals surface area contributed by atoms with Gasteiger partial charge in [-0.1, -0.05) is 71.1 Å². The van der Waals surface area contributed by atoms with Crippen LogP contribution in [0.4, 0.5) is 0 Å². The molecule has 0 amide bonds. The lowest BCUT2D eigenvalue weighted by Gasteiger charge is -2.05. The first kappa shape index (κ1) is 20.2. The summed E-state index contributed by atoms with van der Waals surface area (Å²) in [5.74, 6) is 0.491. The van der Waals surface area contributed by atoms with Gasteiger partial charge in [-0.25, -0.2) is 0 Å². The number of ketones is 1. The zero-order valence-electron chi connectivity index (χ0n) is 14.7. The van der Waals surface area contributed by atoms with Gasteiger partial charge in [-0.15, -0.1) is 11.6 Å². The molecular formula is C20H32ClNO. The van der Waals surface area contributed by atoms with Crippen LogP contribution in [-0.2, 0) is 5.88 Å². The average molecular weight is 338 g/mol. The maximum Gasteiger partial charge on any atom is 0.164 e. The van der Waals surface area contributed by atoms with Crippen molar-refractivity contribution < 1.29 is 4.79 Å². The fourth-order valence-electron chi connectivity index (χ4n) is 2.88. The lowest BCUT2D eigenvalue weighted by molar-refractivity contribution is 0.0978. The van der Waals surface area contributed by atoms with Crippen molar-refractivity contribution in [3.8, 4) is 0 Å². The molecule has 0 saturated heterocycles. The number of hydrogen-bond acceptors (Lipinski definition) is 2. The number of carbonyl (C=O) groups is 1. The van der Waals surface area contributed by atoms with E-state index in [2.05, 4.69) is 11.9 Å². The van der Waals surface area contributed by atoms with E-state index in [4.69, 9.17) is 11.6 Å². The maximum absolute atomic E-state index is 12.2. The number of halogens is 1. The molecule has 0 aromatic carbocycles. The first-order valence-electron chi connectivity index (χ1n) is 9.32. The molecule has 0 bridgehead atoms. The van der Waals surface area contributed by atoms with Crippen molar-refractivity contribution in [2.45, 2.75) is 89.9 Å². The number of carbonyl (C=O) groups excluding carboxylic acids is 1. The second-order valence-electron chi connectivity index (χ2n) is 6.34. The van der Waals surface area contributed by atoms with Gasteiger partial charge in [0.2, 0.25) is 0 Å². The zero-order valence-corrected chi connectivity index (χ0v) is 15.4. The molecule has 3 heteroatoms. The van der Waals surface area contributed by atoms with Crippen LogP contribution < -0.4 is 0 Å². The van der Waals surface area contributed by atoms with E-state index in [9.17, 15) is 4.79 Å². The Morgan fingerprint density at radius 2 is 1.52 bits per heavy atom. The maximum atomic E-state index is 12.2. The predicted octanol–water partition coefficient (Wildman–Crippen LogP) is 6.70. The Bertz CT molecular complexity index is 433. The van der Waals surface area contributed by atoms with Gasteiger partial charge < -0.3 is 0 Å². The third-order valence-electron chi connectivity index (χ3n) is 4.32. The van der Waals surface area contributed by atoms with Crippen molar-refractivity contribution in [3.63, 3.8) is 0 Å². The van der Waals surface area contributed by atoms with Crippen LogP contribution in [0.15, 0.2) is 18.3 Å². The molecule has 1 aromatic rings. The summed E-state index contributed by atoms with van der Waals surface area (Å²) in [6.07, 6.45) is 16.6. The quantitative estimate of drug-likeness (QED) is 0.214. The molecule has 2 nitrogen and oxygen atoms in total. The van der Waals surface area contributed by atoms with Gasteiger partial charge in [-0.05, 0) is 18.6 Å². The fourth-order valence-corrected chi connectivity index (χ4v) is 3.10. The van der Waals surface area contributed by atoms with Gasteiger partial charge in [0, 0.05) is 18.2 Å². The van der Waals surface area contributed by atoms with Gasteiger partial charge in [0.15, 0.2) is 5.78 Å². The fraction of sp³-hybridized carbons (Fsp3) is 0.700. The Morgan fingerprint density at radius 1 is 0.957 bits per heavy atom. The van der Waals surface area contributed by atoms with E-state index in [-0.39, 0.29) is 5.78 Å². The second-order valence-corrected chi connectivity index (χ2v) is 6.61. The summed E-state index contributed by atoms with van der Waals surface area (Å²) in [6, 6.07) is 3.65. The molecule has 0 saturated carbocycles. The van der Waals surface area contributed by atoms with E-state index in [1.807, 2.05) is 12.1 Å². The molecule has 1 heterocycles. The van der Waals surface area contributed by atoms with Crippen molar-refractivity contribution in [2.75, 3.05) is 0 Å². The number of pyridine rings is 1. The van der Waals surface area contributed by atoms with Gasteiger partial charge in [0.1, 0.15) is 0 Å². The molecule has 0 unspecified atom stereocenters. The van der Waals surface area contributed by atoms with Gasteiger partial charge in [-0.2, -0.15) is 0 Å². The van der Waals surface area contributed by atoms with Crippen LogP contribution in [0.3, 0.4) is 0 Å². The molecule has 0 fully saturated rings. The normalized spacial score (nSPS) is 10.9. The van der Waals surface area contributed by atoms with Crippen LogP contribution in [0.1, 0.15) is 100 Å². The summed E-state index contributed by atoms with van der Waals surface area (Å²) in [5.41, 5.74) is 1.41. The zero-order chi connectivity index (χ0) is 16.8. The van der Waals surface area contributed by atoms with Gasteiger partial charge in [0.05, 0.1) is 11.6 Å². The summed E-state index contributed by atoms with van der Waals surface area (Å²) >= 11 is 5.83. The summed E-state index contributed by atoms with van der Waals surface area (Å²) < 4.78 is 0. The predicted molar refractivity (Wildman–Crippen MR) is 99.2 cm³/mol. The van der Waals surface area contributed by atoms with Gasteiger partial charge >= 0.3 is 0 Å². The minimum absolute atomic E-state index is 0.185. The minimum atomic E-state index is 0.185. The Morgan fingerprint density at radius 3 is 2.09 bits per heavy atom. The van der Waals surface area contributed by atoms with Gasteiger partial charge in [0.25, 0.3) is 0 Å². The highest BCUT2D eigenvalue weighted by Crippen LogP contribution is 2.15. The molecule has 1 aromatic heterocycles. The van der Waals surface area contributed by atoms with E-state index in [1.165, 1.54) is 57.8 Å². The standard InChI is InChI=1S/C20H32ClNO/c1-2-3-4-5-6-7-8-9-10-11-12-15-20(23)18-14-13-16-22-19(18)17-21/h13-14,16H,2-12,15,17H2,1H3. The van der Waals surface area contributed by atoms with Crippen molar-refractivity contribution in [1.29, 1.82) is 0 Å². The smallest absolute Gasteiger partial charge is 0.164 e. The summed E-state index contributed by atoms with van der Waals surface area (Å²) in [6.45, 7) is 2.26. The highest BCUT2D eigenvalue weighted by Gasteiger charge is 2.10. The molecule has 0 spiro atoms. The van der Waals surface area contributed by atoms with E-state index in [0.717, 1.165) is 12.8 Å². The summed E-state index contributed by atoms with van der Waals surface area (Å²) in [7, 11) is 0. The highest BCUT2D eigenvalue weighted by atomic mass is 35.5. The third-order valence-corrected chi connectivity index (χ3v) is 4.58. The topological polar surface area (TPSA) is 30.0 Å². The monoisotopic (exact) mass is 337 g/mol. The number of Topliss-reactive ketones (excluding diaryl/α,β-unsaturated/α-hetero) is 1. The number of aromatic nitrogens is 1. The Hall–Kier alpha value is -0.890. The number of unbranched alkanes of at least 4 members (excludes halogenated alkanes) is 10. The Balaban J connectivity index is 2.01. The van der Waals surface area contributed by atoms with E-state index in [0.29, 0.717) is 23.6 Å². The second kappa shape index (κ2) is 13.5. The molecule has 130 valence electrons. The largest absolute Gasteiger partial charge is 0.294 e. The van der Waals surface area contributed by atoms with E-state index in [1.54, 1.807) is 6.20 Å². The first-order chi connectivity index (χ1) is 11.3. The third kappa shape index (κ3) is 9.10. The SMILES string of the molecule is CCCCCCCCCCCCCC(=O)c1cccnc1CCl. The van der Waals surface area contributed by atoms with Gasteiger partial charge in [-0.3, -0.25) is 9.78 Å². The van der Waals surface area contributed by atoms with E-state index < -0.39 is 0 Å². The Kier molecular flexibility index (Phi) is 11.9. The van der Waals surface area contributed by atoms with Crippen LogP contribution in [-0.4, -0.2) is 10.8 Å². The van der Waals surface area contributed by atoms with Crippen molar-refractivity contribution in [3.05, 3.63) is 29.6 Å². The molecule has 0 N–H and O–H groups in total.